The van der Waals surface area contributed by atoms with Crippen molar-refractivity contribution >= 4 is 0 Å². The van der Waals surface area contributed by atoms with E-state index in [0.29, 0.717) is 6.54 Å². The van der Waals surface area contributed by atoms with Crippen LogP contribution < -0.4 is 5.32 Å². The van der Waals surface area contributed by atoms with E-state index in [4.69, 9.17) is 0 Å². The largest absolute Gasteiger partial charge is 0.255 e. The molecule has 1 radical (unpaired) electrons. The van der Waals surface area contributed by atoms with Crippen LogP contribution in [0.5, 0.6) is 0 Å². The van der Waals surface area contributed by atoms with Crippen LogP contribution in [0.15, 0.2) is 6.20 Å². The molecule has 9 heavy (non-hydrogen) atoms. The summed E-state index contributed by atoms with van der Waals surface area (Å²) < 4.78 is 1.67. The molecule has 0 N–H and O–H groups in total. The van der Waals surface area contributed by atoms with Crippen LogP contribution in [0.4, 0.5) is 0 Å². The smallest absolute Gasteiger partial charge is 0.0981 e. The molecule has 49 valence electrons. The number of rotatable bonds is 2. The molecular formula is C5H9N4. The highest BCUT2D eigenvalue weighted by atomic mass is 15.4. The minimum Gasteiger partial charge on any atom is -0.255 e. The molecule has 0 unspecified atom stereocenters. The van der Waals surface area contributed by atoms with Gasteiger partial charge in [-0.05, 0) is 0 Å². The van der Waals surface area contributed by atoms with Crippen molar-refractivity contribution in [3.05, 3.63) is 11.9 Å². The van der Waals surface area contributed by atoms with Crippen LogP contribution in [0.2, 0.25) is 0 Å². The van der Waals surface area contributed by atoms with Crippen molar-refractivity contribution in [2.45, 2.75) is 6.54 Å². The van der Waals surface area contributed by atoms with Gasteiger partial charge in [0.1, 0.15) is 0 Å². The van der Waals surface area contributed by atoms with Gasteiger partial charge in [0.2, 0.25) is 0 Å². The summed E-state index contributed by atoms with van der Waals surface area (Å²) in [4.78, 5) is 0. The summed E-state index contributed by atoms with van der Waals surface area (Å²) in [5, 5.41) is 11.5. The maximum Gasteiger partial charge on any atom is 0.0981 e. The maximum atomic E-state index is 3.90. The van der Waals surface area contributed by atoms with Gasteiger partial charge in [0.15, 0.2) is 0 Å². The molecule has 0 amide bonds. The fraction of sp³-hybridized carbons (Fsp3) is 0.600. The molecule has 0 aromatic carbocycles. The SMILES string of the molecule is C[N]Cc1cn(C)nn1. The monoisotopic (exact) mass is 125 g/mol. The molecule has 4 heteroatoms. The Morgan fingerprint density at radius 3 is 3.00 bits per heavy atom. The summed E-state index contributed by atoms with van der Waals surface area (Å²) >= 11 is 0. The van der Waals surface area contributed by atoms with E-state index in [9.17, 15) is 0 Å². The molecule has 0 fully saturated rings. The lowest BCUT2D eigenvalue weighted by Gasteiger charge is -1.85. The third-order valence-electron chi connectivity index (χ3n) is 0.970. The van der Waals surface area contributed by atoms with E-state index in [1.165, 1.54) is 0 Å². The third kappa shape index (κ3) is 1.50. The fourth-order valence-corrected chi connectivity index (χ4v) is 0.630. The molecule has 0 bridgehead atoms. The predicted molar refractivity (Wildman–Crippen MR) is 32.8 cm³/mol. The maximum absolute atomic E-state index is 3.90. The van der Waals surface area contributed by atoms with Crippen molar-refractivity contribution in [2.24, 2.45) is 7.05 Å². The van der Waals surface area contributed by atoms with Crippen LogP contribution in [0.3, 0.4) is 0 Å². The van der Waals surface area contributed by atoms with Crippen molar-refractivity contribution in [3.8, 4) is 0 Å². The van der Waals surface area contributed by atoms with E-state index >= 15 is 0 Å². The molecule has 1 heterocycles. The number of hydrogen-bond acceptors (Lipinski definition) is 2. The molecule has 0 spiro atoms. The second-order valence-corrected chi connectivity index (χ2v) is 1.86. The van der Waals surface area contributed by atoms with Crippen LogP contribution in [0.25, 0.3) is 0 Å². The van der Waals surface area contributed by atoms with E-state index in [1.54, 1.807) is 11.7 Å². The van der Waals surface area contributed by atoms with Crippen molar-refractivity contribution in [3.63, 3.8) is 0 Å². The molecule has 1 rings (SSSR count). The lowest BCUT2D eigenvalue weighted by atomic mass is 10.5. The highest BCUT2D eigenvalue weighted by Crippen LogP contribution is 1.88. The Kier molecular flexibility index (Phi) is 1.79. The Bertz CT molecular complexity index is 181. The first-order chi connectivity index (χ1) is 4.33. The quantitative estimate of drug-likeness (QED) is 0.537. The fourth-order valence-electron chi connectivity index (χ4n) is 0.630. The average Bonchev–Trinajstić information content (AvgIpc) is 2.17. The van der Waals surface area contributed by atoms with Gasteiger partial charge in [-0.15, -0.1) is 5.10 Å². The Morgan fingerprint density at radius 2 is 2.56 bits per heavy atom. The first kappa shape index (κ1) is 6.22. The van der Waals surface area contributed by atoms with Crippen LogP contribution in [0.1, 0.15) is 5.69 Å². The number of aromatic nitrogens is 3. The molecule has 1 aromatic rings. The Hall–Kier alpha value is -0.900. The predicted octanol–water partition coefficient (Wildman–Crippen LogP) is -0.451. The van der Waals surface area contributed by atoms with E-state index in [1.807, 2.05) is 13.2 Å². The number of nitrogens with zero attached hydrogens (tertiary/aromatic N) is 4. The zero-order valence-corrected chi connectivity index (χ0v) is 5.57. The van der Waals surface area contributed by atoms with Gasteiger partial charge in [0.25, 0.3) is 0 Å². The highest BCUT2D eigenvalue weighted by molar-refractivity contribution is 4.89. The number of hydrogen-bond donors (Lipinski definition) is 0. The summed E-state index contributed by atoms with van der Waals surface area (Å²) in [5.74, 6) is 0. The molecule has 0 aliphatic heterocycles. The van der Waals surface area contributed by atoms with Crippen molar-refractivity contribution in [2.75, 3.05) is 7.05 Å². The topological polar surface area (TPSA) is 44.8 Å². The van der Waals surface area contributed by atoms with Crippen molar-refractivity contribution in [1.29, 1.82) is 0 Å². The molecule has 1 aromatic heterocycles. The van der Waals surface area contributed by atoms with E-state index < -0.39 is 0 Å². The normalized spacial score (nSPS) is 10.0. The lowest BCUT2D eigenvalue weighted by Crippen LogP contribution is -1.96. The molecule has 0 aliphatic rings. The van der Waals surface area contributed by atoms with Gasteiger partial charge < -0.3 is 0 Å². The standard InChI is InChI=1S/C5H9N4/c1-6-3-5-4-9(2)8-7-5/h4H,3H2,1-2H3. The molecule has 0 atom stereocenters. The number of aryl methyl sites for hydroxylation is 1. The van der Waals surface area contributed by atoms with Crippen LogP contribution in [-0.2, 0) is 13.6 Å². The van der Waals surface area contributed by atoms with Crippen LogP contribution in [-0.4, -0.2) is 22.0 Å². The molecule has 4 nitrogen and oxygen atoms in total. The Morgan fingerprint density at radius 1 is 1.78 bits per heavy atom. The van der Waals surface area contributed by atoms with Crippen molar-refractivity contribution in [1.82, 2.24) is 20.3 Å². The molecule has 0 saturated heterocycles. The average molecular weight is 125 g/mol. The van der Waals surface area contributed by atoms with E-state index in [2.05, 4.69) is 15.6 Å². The molecule has 0 saturated carbocycles. The van der Waals surface area contributed by atoms with Crippen LogP contribution >= 0.6 is 0 Å². The van der Waals surface area contributed by atoms with Gasteiger partial charge in [-0.25, -0.2) is 5.32 Å². The van der Waals surface area contributed by atoms with Gasteiger partial charge >= 0.3 is 0 Å². The summed E-state index contributed by atoms with van der Waals surface area (Å²) in [6.45, 7) is 0.661. The third-order valence-corrected chi connectivity index (χ3v) is 0.970. The Balaban J connectivity index is 2.61. The van der Waals surface area contributed by atoms with Crippen molar-refractivity contribution < 1.29 is 0 Å². The van der Waals surface area contributed by atoms with Gasteiger partial charge in [-0.1, -0.05) is 5.21 Å². The lowest BCUT2D eigenvalue weighted by molar-refractivity contribution is 0.709. The highest BCUT2D eigenvalue weighted by Gasteiger charge is 1.93. The summed E-state index contributed by atoms with van der Waals surface area (Å²) in [6.07, 6.45) is 1.85. The zero-order valence-electron chi connectivity index (χ0n) is 5.57. The first-order valence-corrected chi connectivity index (χ1v) is 2.73. The summed E-state index contributed by atoms with van der Waals surface area (Å²) in [6, 6.07) is 0. The van der Waals surface area contributed by atoms with Gasteiger partial charge in [-0.3, -0.25) is 4.68 Å². The van der Waals surface area contributed by atoms with Crippen LogP contribution in [0, 0.1) is 0 Å². The van der Waals surface area contributed by atoms with Gasteiger partial charge in [0.05, 0.1) is 12.2 Å². The van der Waals surface area contributed by atoms with Gasteiger partial charge in [-0.2, -0.15) is 0 Å². The molecular weight excluding hydrogens is 116 g/mol. The first-order valence-electron chi connectivity index (χ1n) is 2.73. The summed E-state index contributed by atoms with van der Waals surface area (Å²) in [7, 11) is 3.60. The Labute approximate surface area is 53.9 Å². The van der Waals surface area contributed by atoms with E-state index in [-0.39, 0.29) is 0 Å². The van der Waals surface area contributed by atoms with Gasteiger partial charge in [0, 0.05) is 20.3 Å². The summed E-state index contributed by atoms with van der Waals surface area (Å²) in [5.41, 5.74) is 0.917. The molecule has 0 aliphatic carbocycles. The second-order valence-electron chi connectivity index (χ2n) is 1.86. The zero-order chi connectivity index (χ0) is 6.69. The minimum atomic E-state index is 0.661. The minimum absolute atomic E-state index is 0.661. The van der Waals surface area contributed by atoms with E-state index in [0.717, 1.165) is 5.69 Å². The second kappa shape index (κ2) is 2.59.